The Morgan fingerprint density at radius 2 is 2.26 bits per heavy atom. The lowest BCUT2D eigenvalue weighted by Crippen LogP contribution is -2.34. The number of hydrogen-bond donors (Lipinski definition) is 1. The summed E-state index contributed by atoms with van der Waals surface area (Å²) in [4.78, 5) is 21.7. The van der Waals surface area contributed by atoms with Crippen LogP contribution in [0.1, 0.15) is 31.2 Å². The van der Waals surface area contributed by atoms with Crippen molar-refractivity contribution in [3.05, 3.63) is 48.0 Å². The second kappa shape index (κ2) is 6.64. The number of oxime groups is 1. The first-order chi connectivity index (χ1) is 11.2. The number of para-hydroxylation sites is 1. The van der Waals surface area contributed by atoms with Gasteiger partial charge in [-0.3, -0.25) is 4.79 Å². The molecule has 6 nitrogen and oxygen atoms in total. The number of benzene rings is 1. The summed E-state index contributed by atoms with van der Waals surface area (Å²) in [6, 6.07) is 7.95. The molecule has 0 bridgehead atoms. The quantitative estimate of drug-likeness (QED) is 0.921. The van der Waals surface area contributed by atoms with Gasteiger partial charge in [-0.05, 0) is 25.0 Å². The molecule has 3 rings (SSSR count). The maximum absolute atomic E-state index is 12.2. The molecule has 0 aliphatic carbocycles. The Labute approximate surface area is 135 Å². The fourth-order valence-electron chi connectivity index (χ4n) is 2.60. The van der Waals surface area contributed by atoms with E-state index in [1.807, 2.05) is 48.9 Å². The Morgan fingerprint density at radius 3 is 2.96 bits per heavy atom. The number of aryl methyl sites for hydroxylation is 1. The molecule has 1 aliphatic heterocycles. The zero-order valence-electron chi connectivity index (χ0n) is 13.3. The van der Waals surface area contributed by atoms with Crippen LogP contribution in [0.3, 0.4) is 0 Å². The van der Waals surface area contributed by atoms with Crippen molar-refractivity contribution >= 4 is 11.6 Å². The second-order valence-corrected chi connectivity index (χ2v) is 5.50. The zero-order valence-corrected chi connectivity index (χ0v) is 13.3. The molecule has 1 aliphatic rings. The van der Waals surface area contributed by atoms with Crippen molar-refractivity contribution in [2.45, 2.75) is 39.3 Å². The van der Waals surface area contributed by atoms with Gasteiger partial charge in [-0.25, -0.2) is 4.98 Å². The molecule has 1 amide bonds. The van der Waals surface area contributed by atoms with Crippen LogP contribution in [0.2, 0.25) is 0 Å². The number of nitrogens with one attached hydrogen (secondary N) is 1. The van der Waals surface area contributed by atoms with E-state index in [-0.39, 0.29) is 5.91 Å². The molecule has 0 spiro atoms. The summed E-state index contributed by atoms with van der Waals surface area (Å²) in [6.07, 6.45) is 4.56. The van der Waals surface area contributed by atoms with Gasteiger partial charge in [-0.15, -0.1) is 0 Å². The van der Waals surface area contributed by atoms with Gasteiger partial charge in [0.1, 0.15) is 5.82 Å². The van der Waals surface area contributed by atoms with Crippen molar-refractivity contribution in [3.63, 3.8) is 0 Å². The van der Waals surface area contributed by atoms with Gasteiger partial charge < -0.3 is 14.7 Å². The first-order valence-corrected chi connectivity index (χ1v) is 7.76. The fourth-order valence-corrected chi connectivity index (χ4v) is 2.60. The third kappa shape index (κ3) is 3.26. The molecule has 0 saturated carbocycles. The van der Waals surface area contributed by atoms with E-state index in [9.17, 15) is 4.79 Å². The molecular formula is C17H20N4O2. The van der Waals surface area contributed by atoms with E-state index in [1.165, 1.54) is 0 Å². The molecule has 2 aromatic rings. The maximum Gasteiger partial charge on any atom is 0.264 e. The second-order valence-electron chi connectivity index (χ2n) is 5.50. The van der Waals surface area contributed by atoms with E-state index < -0.39 is 6.10 Å². The van der Waals surface area contributed by atoms with Crippen LogP contribution in [0, 0.1) is 6.92 Å². The van der Waals surface area contributed by atoms with E-state index in [1.54, 1.807) is 6.20 Å². The van der Waals surface area contributed by atoms with Gasteiger partial charge in [0.05, 0.1) is 11.4 Å². The van der Waals surface area contributed by atoms with Crippen LogP contribution in [-0.4, -0.2) is 27.3 Å². The zero-order chi connectivity index (χ0) is 16.2. The van der Waals surface area contributed by atoms with E-state index in [2.05, 4.69) is 15.5 Å². The third-order valence-corrected chi connectivity index (χ3v) is 3.96. The number of aromatic nitrogens is 2. The Morgan fingerprint density at radius 1 is 1.43 bits per heavy atom. The SMILES string of the molecule is CCC1=NOC(C(=O)NCc2ccccc2-n2ccnc2C)C1. The molecule has 23 heavy (non-hydrogen) atoms. The summed E-state index contributed by atoms with van der Waals surface area (Å²) < 4.78 is 2.01. The first kappa shape index (κ1) is 15.3. The summed E-state index contributed by atoms with van der Waals surface area (Å²) in [5.41, 5.74) is 2.97. The Hall–Kier alpha value is -2.63. The molecule has 0 saturated heterocycles. The lowest BCUT2D eigenvalue weighted by molar-refractivity contribution is -0.131. The molecule has 2 heterocycles. The molecule has 6 heteroatoms. The van der Waals surface area contributed by atoms with Crippen molar-refractivity contribution in [2.75, 3.05) is 0 Å². The van der Waals surface area contributed by atoms with Crippen LogP contribution in [0.15, 0.2) is 41.8 Å². The van der Waals surface area contributed by atoms with Crippen molar-refractivity contribution in [2.24, 2.45) is 5.16 Å². The predicted octanol–water partition coefficient (Wildman–Crippen LogP) is 2.35. The summed E-state index contributed by atoms with van der Waals surface area (Å²) in [7, 11) is 0. The molecule has 120 valence electrons. The average Bonchev–Trinajstić information content (AvgIpc) is 3.21. The van der Waals surface area contributed by atoms with Gasteiger partial charge >= 0.3 is 0 Å². The van der Waals surface area contributed by atoms with Gasteiger partial charge in [0.15, 0.2) is 0 Å². The number of imidazole rings is 1. The third-order valence-electron chi connectivity index (χ3n) is 3.96. The Balaban J connectivity index is 1.68. The normalized spacial score (nSPS) is 16.8. The minimum absolute atomic E-state index is 0.130. The maximum atomic E-state index is 12.2. The van der Waals surface area contributed by atoms with Crippen LogP contribution >= 0.6 is 0 Å². The van der Waals surface area contributed by atoms with Gasteiger partial charge in [-0.2, -0.15) is 0 Å². The van der Waals surface area contributed by atoms with Crippen LogP contribution in [0.5, 0.6) is 0 Å². The van der Waals surface area contributed by atoms with Crippen molar-refractivity contribution < 1.29 is 9.63 Å². The average molecular weight is 312 g/mol. The number of rotatable bonds is 5. The largest absolute Gasteiger partial charge is 0.382 e. The van der Waals surface area contributed by atoms with Crippen LogP contribution in [0.25, 0.3) is 5.69 Å². The lowest BCUT2D eigenvalue weighted by Gasteiger charge is -2.14. The molecule has 0 radical (unpaired) electrons. The standard InChI is InChI=1S/C17H20N4O2/c1-3-14-10-16(23-20-14)17(22)19-11-13-6-4-5-7-15(13)21-9-8-18-12(21)2/h4-9,16H,3,10-11H2,1-2H3,(H,19,22). The molecule has 1 aromatic heterocycles. The molecule has 1 N–H and O–H groups in total. The molecule has 1 atom stereocenters. The molecule has 1 aromatic carbocycles. The minimum atomic E-state index is -0.507. The van der Waals surface area contributed by atoms with E-state index in [0.29, 0.717) is 13.0 Å². The van der Waals surface area contributed by atoms with Crippen molar-refractivity contribution in [1.29, 1.82) is 0 Å². The summed E-state index contributed by atoms with van der Waals surface area (Å²) in [5.74, 6) is 0.776. The fraction of sp³-hybridized carbons (Fsp3) is 0.353. The highest BCUT2D eigenvalue weighted by molar-refractivity contribution is 5.92. The van der Waals surface area contributed by atoms with Crippen molar-refractivity contribution in [1.82, 2.24) is 14.9 Å². The predicted molar refractivity (Wildman–Crippen MR) is 87.4 cm³/mol. The smallest absolute Gasteiger partial charge is 0.264 e. The highest BCUT2D eigenvalue weighted by Crippen LogP contribution is 2.17. The monoisotopic (exact) mass is 312 g/mol. The number of amides is 1. The van der Waals surface area contributed by atoms with Gasteiger partial charge in [0, 0.05) is 25.4 Å². The van der Waals surface area contributed by atoms with Crippen LogP contribution < -0.4 is 5.32 Å². The summed E-state index contributed by atoms with van der Waals surface area (Å²) in [6.45, 7) is 4.39. The van der Waals surface area contributed by atoms with Gasteiger partial charge in [0.25, 0.3) is 5.91 Å². The Bertz CT molecular complexity index is 736. The van der Waals surface area contributed by atoms with Crippen molar-refractivity contribution in [3.8, 4) is 5.69 Å². The summed E-state index contributed by atoms with van der Waals surface area (Å²) >= 11 is 0. The van der Waals surface area contributed by atoms with E-state index in [0.717, 1.165) is 29.2 Å². The number of carbonyl (C=O) groups is 1. The molecule has 1 unspecified atom stereocenters. The molecule has 0 fully saturated rings. The summed E-state index contributed by atoms with van der Waals surface area (Å²) in [5, 5.41) is 6.86. The van der Waals surface area contributed by atoms with Gasteiger partial charge in [-0.1, -0.05) is 30.3 Å². The topological polar surface area (TPSA) is 68.5 Å². The number of carbonyl (C=O) groups excluding carboxylic acids is 1. The number of hydrogen-bond acceptors (Lipinski definition) is 4. The van der Waals surface area contributed by atoms with Crippen LogP contribution in [-0.2, 0) is 16.2 Å². The Kier molecular flexibility index (Phi) is 4.41. The van der Waals surface area contributed by atoms with E-state index >= 15 is 0 Å². The van der Waals surface area contributed by atoms with Crippen LogP contribution in [0.4, 0.5) is 0 Å². The highest BCUT2D eigenvalue weighted by Gasteiger charge is 2.27. The first-order valence-electron chi connectivity index (χ1n) is 7.76. The molecular weight excluding hydrogens is 292 g/mol. The van der Waals surface area contributed by atoms with E-state index in [4.69, 9.17) is 4.84 Å². The lowest BCUT2D eigenvalue weighted by atomic mass is 10.1. The van der Waals surface area contributed by atoms with Gasteiger partial charge in [0.2, 0.25) is 6.10 Å². The highest BCUT2D eigenvalue weighted by atomic mass is 16.6. The number of nitrogens with zero attached hydrogens (tertiary/aromatic N) is 3. The minimum Gasteiger partial charge on any atom is -0.382 e.